The Hall–Kier alpha value is -1.77. The number of rotatable bonds is 3. The smallest absolute Gasteiger partial charge is 0.407 e. The van der Waals surface area contributed by atoms with Gasteiger partial charge in [-0.25, -0.2) is 4.79 Å². The molecule has 0 aromatic heterocycles. The first-order valence-electron chi connectivity index (χ1n) is 5.11. The van der Waals surface area contributed by atoms with Gasteiger partial charge < -0.3 is 10.0 Å². The van der Waals surface area contributed by atoms with Crippen LogP contribution in [0.25, 0.3) is 5.57 Å². The Kier molecular flexibility index (Phi) is 3.72. The van der Waals surface area contributed by atoms with Crippen LogP contribution in [0.2, 0.25) is 0 Å². The molecule has 0 saturated carbocycles. The van der Waals surface area contributed by atoms with Gasteiger partial charge in [-0.3, -0.25) is 0 Å². The highest BCUT2D eigenvalue weighted by Gasteiger charge is 2.08. The molecule has 0 heterocycles. The molecule has 1 amide bonds. The van der Waals surface area contributed by atoms with E-state index >= 15 is 0 Å². The van der Waals surface area contributed by atoms with Gasteiger partial charge in [0.25, 0.3) is 0 Å². The number of hydrogen-bond acceptors (Lipinski definition) is 1. The maximum atomic E-state index is 10.7. The number of hydrogen-bond donors (Lipinski definition) is 1. The molecule has 0 fully saturated rings. The van der Waals surface area contributed by atoms with Gasteiger partial charge in [0.1, 0.15) is 0 Å². The van der Waals surface area contributed by atoms with Crippen LogP contribution in [0.3, 0.4) is 0 Å². The number of carbonyl (C=O) groups is 1. The summed E-state index contributed by atoms with van der Waals surface area (Å²) in [5, 5.41) is 8.76. The lowest BCUT2D eigenvalue weighted by molar-refractivity contribution is 0.161. The zero-order chi connectivity index (χ0) is 12.3. The van der Waals surface area contributed by atoms with Crippen molar-refractivity contribution in [3.05, 3.63) is 41.5 Å². The monoisotopic (exact) mass is 219 g/mol. The Bertz CT molecular complexity index is 424. The highest BCUT2D eigenvalue weighted by atomic mass is 16.4. The molecule has 1 aromatic rings. The molecule has 0 radical (unpaired) electrons. The van der Waals surface area contributed by atoms with Crippen molar-refractivity contribution in [3.8, 4) is 0 Å². The molecule has 16 heavy (non-hydrogen) atoms. The second-order valence-electron chi connectivity index (χ2n) is 4.04. The summed E-state index contributed by atoms with van der Waals surface area (Å²) < 4.78 is 0. The maximum absolute atomic E-state index is 10.7. The molecule has 0 atom stereocenters. The van der Waals surface area contributed by atoms with Gasteiger partial charge in [-0.1, -0.05) is 24.8 Å². The van der Waals surface area contributed by atoms with E-state index < -0.39 is 6.09 Å². The van der Waals surface area contributed by atoms with E-state index in [2.05, 4.69) is 6.58 Å². The highest BCUT2D eigenvalue weighted by Crippen LogP contribution is 2.17. The number of carboxylic acid groups (broad SMARTS) is 1. The molecule has 86 valence electrons. The standard InChI is InChI=1S/C13H17NO2/c1-9-5-6-12(7-10(9)2)11(3)8-14(4)13(15)16/h5-7H,3,8H2,1-2,4H3,(H,15,16). The minimum Gasteiger partial charge on any atom is -0.465 e. The first-order chi connectivity index (χ1) is 7.41. The Morgan fingerprint density at radius 3 is 2.50 bits per heavy atom. The predicted octanol–water partition coefficient (Wildman–Crippen LogP) is 2.93. The first kappa shape index (κ1) is 12.3. The van der Waals surface area contributed by atoms with Crippen LogP contribution in [0, 0.1) is 13.8 Å². The molecule has 0 bridgehead atoms. The van der Waals surface area contributed by atoms with E-state index in [4.69, 9.17) is 5.11 Å². The van der Waals surface area contributed by atoms with E-state index in [1.54, 1.807) is 0 Å². The first-order valence-corrected chi connectivity index (χ1v) is 5.11. The Balaban J connectivity index is 2.81. The van der Waals surface area contributed by atoms with Gasteiger partial charge in [-0.15, -0.1) is 0 Å². The van der Waals surface area contributed by atoms with Gasteiger partial charge >= 0.3 is 6.09 Å². The summed E-state index contributed by atoms with van der Waals surface area (Å²) in [6, 6.07) is 6.03. The summed E-state index contributed by atoms with van der Waals surface area (Å²) in [4.78, 5) is 11.9. The lowest BCUT2D eigenvalue weighted by atomic mass is 10.0. The van der Waals surface area contributed by atoms with E-state index in [0.29, 0.717) is 6.54 Å². The molecule has 0 aliphatic carbocycles. The Labute approximate surface area is 96.0 Å². The fraction of sp³-hybridized carbons (Fsp3) is 0.308. The van der Waals surface area contributed by atoms with Crippen molar-refractivity contribution in [1.82, 2.24) is 4.90 Å². The van der Waals surface area contributed by atoms with Crippen LogP contribution >= 0.6 is 0 Å². The largest absolute Gasteiger partial charge is 0.465 e. The fourth-order valence-electron chi connectivity index (χ4n) is 1.41. The third kappa shape index (κ3) is 2.86. The van der Waals surface area contributed by atoms with E-state index in [9.17, 15) is 4.79 Å². The van der Waals surface area contributed by atoms with Crippen molar-refractivity contribution in [3.63, 3.8) is 0 Å². The molecular weight excluding hydrogens is 202 g/mol. The topological polar surface area (TPSA) is 40.5 Å². The van der Waals surface area contributed by atoms with Crippen LogP contribution in [0.1, 0.15) is 16.7 Å². The van der Waals surface area contributed by atoms with Crippen molar-refractivity contribution in [2.45, 2.75) is 13.8 Å². The van der Waals surface area contributed by atoms with Crippen molar-refractivity contribution < 1.29 is 9.90 Å². The number of amides is 1. The normalized spacial score (nSPS) is 9.94. The lowest BCUT2D eigenvalue weighted by Crippen LogP contribution is -2.26. The summed E-state index contributed by atoms with van der Waals surface area (Å²) in [5.74, 6) is 0. The van der Waals surface area contributed by atoms with Crippen LogP contribution in [-0.4, -0.2) is 29.7 Å². The molecule has 0 saturated heterocycles. The van der Waals surface area contributed by atoms with Crippen molar-refractivity contribution in [2.75, 3.05) is 13.6 Å². The van der Waals surface area contributed by atoms with Crippen LogP contribution < -0.4 is 0 Å². The lowest BCUT2D eigenvalue weighted by Gasteiger charge is -2.15. The molecule has 0 aliphatic heterocycles. The zero-order valence-corrected chi connectivity index (χ0v) is 9.95. The summed E-state index contributed by atoms with van der Waals surface area (Å²) >= 11 is 0. The molecule has 3 heteroatoms. The van der Waals surface area contributed by atoms with E-state index in [-0.39, 0.29) is 0 Å². The summed E-state index contributed by atoms with van der Waals surface area (Å²) in [6.45, 7) is 8.33. The number of benzene rings is 1. The van der Waals surface area contributed by atoms with Gasteiger partial charge in [-0.05, 0) is 36.1 Å². The van der Waals surface area contributed by atoms with Gasteiger partial charge in [0, 0.05) is 13.6 Å². The third-order valence-electron chi connectivity index (χ3n) is 2.67. The maximum Gasteiger partial charge on any atom is 0.407 e. The molecule has 3 nitrogen and oxygen atoms in total. The molecule has 1 N–H and O–H groups in total. The molecule has 0 spiro atoms. The summed E-state index contributed by atoms with van der Waals surface area (Å²) in [5.41, 5.74) is 4.23. The molecule has 1 aromatic carbocycles. The Morgan fingerprint density at radius 1 is 1.38 bits per heavy atom. The van der Waals surface area contributed by atoms with Crippen molar-refractivity contribution >= 4 is 11.7 Å². The average molecular weight is 219 g/mol. The molecule has 1 rings (SSSR count). The second kappa shape index (κ2) is 4.84. The third-order valence-corrected chi connectivity index (χ3v) is 2.67. The van der Waals surface area contributed by atoms with Gasteiger partial charge in [0.2, 0.25) is 0 Å². The zero-order valence-electron chi connectivity index (χ0n) is 9.95. The highest BCUT2D eigenvalue weighted by molar-refractivity contribution is 5.71. The van der Waals surface area contributed by atoms with Crippen molar-refractivity contribution in [1.29, 1.82) is 0 Å². The predicted molar refractivity (Wildman–Crippen MR) is 65.6 cm³/mol. The van der Waals surface area contributed by atoms with Gasteiger partial charge in [0.05, 0.1) is 0 Å². The van der Waals surface area contributed by atoms with Gasteiger partial charge in [-0.2, -0.15) is 0 Å². The van der Waals surface area contributed by atoms with Crippen LogP contribution in [-0.2, 0) is 0 Å². The minimum atomic E-state index is -0.940. The van der Waals surface area contributed by atoms with Crippen molar-refractivity contribution in [2.24, 2.45) is 0 Å². The van der Waals surface area contributed by atoms with E-state index in [0.717, 1.165) is 11.1 Å². The molecular formula is C13H17NO2. The van der Waals surface area contributed by atoms with Crippen LogP contribution in [0.4, 0.5) is 4.79 Å². The number of aryl methyl sites for hydroxylation is 2. The van der Waals surface area contributed by atoms with E-state index in [1.807, 2.05) is 32.0 Å². The molecule has 0 unspecified atom stereocenters. The fourth-order valence-corrected chi connectivity index (χ4v) is 1.41. The minimum absolute atomic E-state index is 0.331. The molecule has 0 aliphatic rings. The van der Waals surface area contributed by atoms with Crippen LogP contribution in [0.15, 0.2) is 24.8 Å². The Morgan fingerprint density at radius 2 is 2.00 bits per heavy atom. The SMILES string of the molecule is C=C(CN(C)C(=O)O)c1ccc(C)c(C)c1. The average Bonchev–Trinajstić information content (AvgIpc) is 2.21. The number of likely N-dealkylation sites (N-methyl/N-ethyl adjacent to an activating group) is 1. The number of nitrogens with zero attached hydrogens (tertiary/aromatic N) is 1. The van der Waals surface area contributed by atoms with Crippen LogP contribution in [0.5, 0.6) is 0 Å². The summed E-state index contributed by atoms with van der Waals surface area (Å²) in [7, 11) is 1.54. The quantitative estimate of drug-likeness (QED) is 0.849. The van der Waals surface area contributed by atoms with E-state index in [1.165, 1.54) is 23.1 Å². The van der Waals surface area contributed by atoms with Gasteiger partial charge in [0.15, 0.2) is 0 Å². The second-order valence-corrected chi connectivity index (χ2v) is 4.04. The summed E-state index contributed by atoms with van der Waals surface area (Å²) in [6.07, 6.45) is -0.940.